The fourth-order valence-corrected chi connectivity index (χ4v) is 1.92. The number of rotatable bonds is 4. The second-order valence-corrected chi connectivity index (χ2v) is 4.96. The van der Waals surface area contributed by atoms with Crippen molar-refractivity contribution in [3.8, 4) is 0 Å². The Labute approximate surface area is 98.9 Å². The molecule has 1 rings (SSSR count). The molecule has 0 aliphatic rings. The maximum absolute atomic E-state index is 9.32. The molecule has 0 bridgehead atoms. The third-order valence-corrected chi connectivity index (χ3v) is 3.72. The topological polar surface area (TPSA) is 38.1 Å². The van der Waals surface area contributed by atoms with Crippen molar-refractivity contribution < 1.29 is 5.11 Å². The van der Waals surface area contributed by atoms with Crippen LogP contribution in [-0.4, -0.2) is 21.5 Å². The number of halogens is 1. The minimum Gasteiger partial charge on any atom is -0.395 e. The summed E-state index contributed by atoms with van der Waals surface area (Å²) in [5.41, 5.74) is 1.77. The van der Waals surface area contributed by atoms with Crippen LogP contribution >= 0.6 is 15.9 Å². The summed E-state index contributed by atoms with van der Waals surface area (Å²) in [5.74, 6) is 0. The Morgan fingerprint density at radius 1 is 1.67 bits per heavy atom. The Hall–Kier alpha value is -0.610. The average molecular weight is 273 g/mol. The van der Waals surface area contributed by atoms with Gasteiger partial charge >= 0.3 is 0 Å². The summed E-state index contributed by atoms with van der Waals surface area (Å²) in [6.45, 7) is 7.79. The van der Waals surface area contributed by atoms with E-state index in [0.717, 1.165) is 22.3 Å². The van der Waals surface area contributed by atoms with Gasteiger partial charge in [0.15, 0.2) is 0 Å². The lowest BCUT2D eigenvalue weighted by Crippen LogP contribution is -2.22. The molecule has 0 fully saturated rings. The van der Waals surface area contributed by atoms with E-state index in [-0.39, 0.29) is 12.0 Å². The molecule has 0 aliphatic heterocycles. The van der Waals surface area contributed by atoms with Gasteiger partial charge in [0.05, 0.1) is 22.5 Å². The number of hydrogen-bond acceptors (Lipinski definition) is 2. The van der Waals surface area contributed by atoms with E-state index < -0.39 is 0 Å². The van der Waals surface area contributed by atoms with Crippen molar-refractivity contribution in [2.24, 2.45) is 12.5 Å². The van der Waals surface area contributed by atoms with Gasteiger partial charge in [-0.1, -0.05) is 13.0 Å². The Bertz CT molecular complexity index is 373. The SMILES string of the molecule is C=CC(C)(CO)Cc1c(Br)c(C)nn1C. The molecule has 3 nitrogen and oxygen atoms in total. The normalized spacial score (nSPS) is 15.0. The van der Waals surface area contributed by atoms with Crippen molar-refractivity contribution in [2.45, 2.75) is 20.3 Å². The zero-order chi connectivity index (χ0) is 11.6. The molecule has 0 saturated carbocycles. The maximum atomic E-state index is 9.32. The molecular weight excluding hydrogens is 256 g/mol. The van der Waals surface area contributed by atoms with E-state index in [0.29, 0.717) is 0 Å². The Balaban J connectivity index is 3.03. The van der Waals surface area contributed by atoms with Gasteiger partial charge in [0.2, 0.25) is 0 Å². The molecule has 1 atom stereocenters. The lowest BCUT2D eigenvalue weighted by Gasteiger charge is -2.22. The highest BCUT2D eigenvalue weighted by Gasteiger charge is 2.23. The van der Waals surface area contributed by atoms with Gasteiger partial charge in [-0.05, 0) is 22.9 Å². The number of hydrogen-bond donors (Lipinski definition) is 1. The Morgan fingerprint density at radius 2 is 2.27 bits per heavy atom. The molecule has 0 aliphatic carbocycles. The monoisotopic (exact) mass is 272 g/mol. The van der Waals surface area contributed by atoms with Gasteiger partial charge in [-0.15, -0.1) is 6.58 Å². The Morgan fingerprint density at radius 3 is 2.60 bits per heavy atom. The lowest BCUT2D eigenvalue weighted by atomic mass is 9.86. The summed E-state index contributed by atoms with van der Waals surface area (Å²) < 4.78 is 2.86. The molecule has 0 saturated heterocycles. The summed E-state index contributed by atoms with van der Waals surface area (Å²) in [5, 5.41) is 13.6. The van der Waals surface area contributed by atoms with Crippen molar-refractivity contribution in [1.29, 1.82) is 0 Å². The van der Waals surface area contributed by atoms with Crippen LogP contribution in [0.1, 0.15) is 18.3 Å². The fourth-order valence-electron chi connectivity index (χ4n) is 1.45. The van der Waals surface area contributed by atoms with E-state index in [9.17, 15) is 5.11 Å². The van der Waals surface area contributed by atoms with Crippen LogP contribution in [0.25, 0.3) is 0 Å². The lowest BCUT2D eigenvalue weighted by molar-refractivity contribution is 0.182. The van der Waals surface area contributed by atoms with Crippen molar-refractivity contribution >= 4 is 15.9 Å². The van der Waals surface area contributed by atoms with Crippen LogP contribution in [0.5, 0.6) is 0 Å². The average Bonchev–Trinajstić information content (AvgIpc) is 2.45. The first kappa shape index (κ1) is 12.5. The highest BCUT2D eigenvalue weighted by atomic mass is 79.9. The highest BCUT2D eigenvalue weighted by molar-refractivity contribution is 9.10. The van der Waals surface area contributed by atoms with E-state index in [1.165, 1.54) is 0 Å². The first-order valence-corrected chi connectivity index (χ1v) is 5.65. The molecule has 1 aromatic heterocycles. The Kier molecular flexibility index (Phi) is 3.73. The van der Waals surface area contributed by atoms with Crippen molar-refractivity contribution in [1.82, 2.24) is 9.78 Å². The quantitative estimate of drug-likeness (QED) is 0.854. The van der Waals surface area contributed by atoms with E-state index in [2.05, 4.69) is 27.6 Å². The molecule has 84 valence electrons. The summed E-state index contributed by atoms with van der Waals surface area (Å²) in [6, 6.07) is 0. The molecule has 0 radical (unpaired) electrons. The zero-order valence-electron chi connectivity index (χ0n) is 9.42. The predicted octanol–water partition coefficient (Wildman–Crippen LogP) is 2.22. The maximum Gasteiger partial charge on any atom is 0.0738 e. The van der Waals surface area contributed by atoms with Gasteiger partial charge in [0.1, 0.15) is 0 Å². The number of aliphatic hydroxyl groups is 1. The van der Waals surface area contributed by atoms with Crippen LogP contribution in [-0.2, 0) is 13.5 Å². The third-order valence-electron chi connectivity index (χ3n) is 2.69. The van der Waals surface area contributed by atoms with E-state index in [1.807, 2.05) is 25.6 Å². The molecule has 0 amide bonds. The molecule has 1 aromatic rings. The highest BCUT2D eigenvalue weighted by Crippen LogP contribution is 2.29. The van der Waals surface area contributed by atoms with Crippen molar-refractivity contribution in [3.05, 3.63) is 28.5 Å². The molecular formula is C11H17BrN2O. The van der Waals surface area contributed by atoms with Crippen molar-refractivity contribution in [2.75, 3.05) is 6.61 Å². The molecule has 1 N–H and O–H groups in total. The third kappa shape index (κ3) is 2.49. The molecule has 1 heterocycles. The van der Waals surface area contributed by atoms with Gasteiger partial charge in [0, 0.05) is 18.9 Å². The van der Waals surface area contributed by atoms with Crippen molar-refractivity contribution in [3.63, 3.8) is 0 Å². The molecule has 0 spiro atoms. The molecule has 15 heavy (non-hydrogen) atoms. The van der Waals surface area contributed by atoms with Crippen LogP contribution in [0.4, 0.5) is 0 Å². The summed E-state index contributed by atoms with van der Waals surface area (Å²) >= 11 is 3.51. The van der Waals surface area contributed by atoms with Crippen LogP contribution in [0.15, 0.2) is 17.1 Å². The number of aliphatic hydroxyl groups excluding tert-OH is 1. The van der Waals surface area contributed by atoms with Gasteiger partial charge in [0.25, 0.3) is 0 Å². The predicted molar refractivity (Wildman–Crippen MR) is 64.7 cm³/mol. The van der Waals surface area contributed by atoms with Crippen LogP contribution in [0, 0.1) is 12.3 Å². The largest absolute Gasteiger partial charge is 0.395 e. The summed E-state index contributed by atoms with van der Waals surface area (Å²) in [4.78, 5) is 0. The number of nitrogens with zero attached hydrogens (tertiary/aromatic N) is 2. The van der Waals surface area contributed by atoms with Gasteiger partial charge in [-0.2, -0.15) is 5.10 Å². The fraction of sp³-hybridized carbons (Fsp3) is 0.545. The second-order valence-electron chi connectivity index (χ2n) is 4.16. The molecule has 1 unspecified atom stereocenters. The summed E-state index contributed by atoms with van der Waals surface area (Å²) in [6.07, 6.45) is 2.52. The van der Waals surface area contributed by atoms with Crippen LogP contribution < -0.4 is 0 Å². The zero-order valence-corrected chi connectivity index (χ0v) is 11.0. The molecule has 4 heteroatoms. The van der Waals surface area contributed by atoms with Gasteiger partial charge in [-0.25, -0.2) is 0 Å². The minimum atomic E-state index is -0.289. The number of aromatic nitrogens is 2. The smallest absolute Gasteiger partial charge is 0.0738 e. The van der Waals surface area contributed by atoms with E-state index in [4.69, 9.17) is 0 Å². The van der Waals surface area contributed by atoms with Gasteiger partial charge < -0.3 is 5.11 Å². The first-order chi connectivity index (χ1) is 6.93. The summed E-state index contributed by atoms with van der Waals surface area (Å²) in [7, 11) is 1.91. The minimum absolute atomic E-state index is 0.0904. The first-order valence-electron chi connectivity index (χ1n) is 4.86. The number of aryl methyl sites for hydroxylation is 2. The molecule has 0 aromatic carbocycles. The van der Waals surface area contributed by atoms with Crippen LogP contribution in [0.3, 0.4) is 0 Å². The van der Waals surface area contributed by atoms with Gasteiger partial charge in [-0.3, -0.25) is 4.68 Å². The standard InChI is InChI=1S/C11H17BrN2O/c1-5-11(3,7-15)6-9-10(12)8(2)13-14(9)4/h5,15H,1,6-7H2,2-4H3. The second kappa shape index (κ2) is 4.49. The van der Waals surface area contributed by atoms with E-state index >= 15 is 0 Å². The van der Waals surface area contributed by atoms with E-state index in [1.54, 1.807) is 6.08 Å². The van der Waals surface area contributed by atoms with Crippen LogP contribution in [0.2, 0.25) is 0 Å².